The van der Waals surface area contributed by atoms with E-state index in [9.17, 15) is 0 Å². The molecular formula is C16H23N5. The second-order valence-corrected chi connectivity index (χ2v) is 5.92. The summed E-state index contributed by atoms with van der Waals surface area (Å²) in [4.78, 5) is 9.53. The van der Waals surface area contributed by atoms with E-state index < -0.39 is 0 Å². The molecule has 2 heterocycles. The van der Waals surface area contributed by atoms with Crippen LogP contribution in [-0.4, -0.2) is 26.3 Å². The number of aryl methyl sites for hydroxylation is 2. The summed E-state index contributed by atoms with van der Waals surface area (Å²) < 4.78 is 1.94. The summed E-state index contributed by atoms with van der Waals surface area (Å²) in [5.74, 6) is 3.36. The van der Waals surface area contributed by atoms with E-state index in [0.717, 1.165) is 47.4 Å². The number of rotatable bonds is 5. The van der Waals surface area contributed by atoms with Crippen molar-refractivity contribution in [2.45, 2.75) is 52.9 Å². The fourth-order valence-electron chi connectivity index (χ4n) is 2.51. The summed E-state index contributed by atoms with van der Waals surface area (Å²) in [5.41, 5.74) is 3.19. The molecule has 0 bridgehead atoms. The molecule has 0 radical (unpaired) electrons. The Morgan fingerprint density at radius 1 is 1.24 bits per heavy atom. The van der Waals surface area contributed by atoms with Gasteiger partial charge in [-0.25, -0.2) is 14.6 Å². The molecule has 112 valence electrons. The van der Waals surface area contributed by atoms with Crippen LogP contribution < -0.4 is 5.32 Å². The molecule has 0 aromatic carbocycles. The molecule has 1 saturated carbocycles. The highest BCUT2D eigenvalue weighted by Gasteiger charge is 2.28. The minimum Gasteiger partial charge on any atom is -0.370 e. The van der Waals surface area contributed by atoms with Crippen LogP contribution in [-0.2, 0) is 0 Å². The van der Waals surface area contributed by atoms with Crippen molar-refractivity contribution < 1.29 is 0 Å². The predicted octanol–water partition coefficient (Wildman–Crippen LogP) is 3.29. The van der Waals surface area contributed by atoms with E-state index in [2.05, 4.69) is 37.3 Å². The largest absolute Gasteiger partial charge is 0.370 e. The Labute approximate surface area is 125 Å². The van der Waals surface area contributed by atoms with E-state index in [1.54, 1.807) is 0 Å². The number of hydrogen-bond acceptors (Lipinski definition) is 4. The SMILES string of the molecule is CCCNc1nc(C2CC2)nc(-n2nc(C)cc2C)c1C. The van der Waals surface area contributed by atoms with Crippen LogP contribution in [0.2, 0.25) is 0 Å². The molecule has 1 fully saturated rings. The molecule has 2 aromatic rings. The summed E-state index contributed by atoms with van der Waals surface area (Å²) in [6, 6.07) is 2.08. The molecule has 0 unspecified atom stereocenters. The van der Waals surface area contributed by atoms with Gasteiger partial charge < -0.3 is 5.32 Å². The molecule has 0 spiro atoms. The lowest BCUT2D eigenvalue weighted by Crippen LogP contribution is -2.13. The van der Waals surface area contributed by atoms with E-state index >= 15 is 0 Å². The first-order valence-electron chi connectivity index (χ1n) is 7.76. The van der Waals surface area contributed by atoms with Gasteiger partial charge in [0.1, 0.15) is 11.6 Å². The number of nitrogens with zero attached hydrogens (tertiary/aromatic N) is 4. The van der Waals surface area contributed by atoms with Gasteiger partial charge in [0.25, 0.3) is 0 Å². The van der Waals surface area contributed by atoms with Crippen molar-refractivity contribution >= 4 is 5.82 Å². The maximum atomic E-state index is 4.80. The summed E-state index contributed by atoms with van der Waals surface area (Å²) >= 11 is 0. The van der Waals surface area contributed by atoms with Gasteiger partial charge >= 0.3 is 0 Å². The van der Waals surface area contributed by atoms with Gasteiger partial charge in [-0.1, -0.05) is 6.92 Å². The van der Waals surface area contributed by atoms with E-state index in [0.29, 0.717) is 5.92 Å². The van der Waals surface area contributed by atoms with E-state index in [-0.39, 0.29) is 0 Å². The van der Waals surface area contributed by atoms with Gasteiger partial charge in [-0.2, -0.15) is 5.10 Å². The predicted molar refractivity (Wildman–Crippen MR) is 84.1 cm³/mol. The first-order valence-corrected chi connectivity index (χ1v) is 7.76. The summed E-state index contributed by atoms with van der Waals surface area (Å²) in [7, 11) is 0. The third-order valence-corrected chi connectivity index (χ3v) is 3.83. The fraction of sp³-hybridized carbons (Fsp3) is 0.562. The normalized spacial score (nSPS) is 14.5. The van der Waals surface area contributed by atoms with Crippen LogP contribution in [0.3, 0.4) is 0 Å². The Bertz CT molecular complexity index is 655. The van der Waals surface area contributed by atoms with Crippen LogP contribution in [0.5, 0.6) is 0 Å². The van der Waals surface area contributed by atoms with Gasteiger partial charge in [-0.3, -0.25) is 0 Å². The average molecular weight is 285 g/mol. The van der Waals surface area contributed by atoms with Gasteiger partial charge in [0.15, 0.2) is 5.82 Å². The molecule has 1 aliphatic rings. The highest BCUT2D eigenvalue weighted by molar-refractivity contribution is 5.52. The minimum absolute atomic E-state index is 0.531. The van der Waals surface area contributed by atoms with Gasteiger partial charge in [0, 0.05) is 23.7 Å². The van der Waals surface area contributed by atoms with Crippen LogP contribution in [0, 0.1) is 20.8 Å². The third kappa shape index (κ3) is 2.77. The Hall–Kier alpha value is -1.91. The maximum Gasteiger partial charge on any atom is 0.162 e. The van der Waals surface area contributed by atoms with Crippen LogP contribution in [0.4, 0.5) is 5.82 Å². The molecule has 5 nitrogen and oxygen atoms in total. The molecule has 1 aliphatic carbocycles. The molecule has 21 heavy (non-hydrogen) atoms. The van der Waals surface area contributed by atoms with E-state index in [1.165, 1.54) is 12.8 Å². The number of anilines is 1. The average Bonchev–Trinajstić information content (AvgIpc) is 3.23. The van der Waals surface area contributed by atoms with Crippen molar-refractivity contribution in [3.05, 3.63) is 28.8 Å². The lowest BCUT2D eigenvalue weighted by molar-refractivity contribution is 0.771. The summed E-state index contributed by atoms with van der Waals surface area (Å²) in [5, 5.41) is 8.01. The molecule has 2 aromatic heterocycles. The van der Waals surface area contributed by atoms with Crippen LogP contribution in [0.15, 0.2) is 6.07 Å². The zero-order chi connectivity index (χ0) is 15.0. The second-order valence-electron chi connectivity index (χ2n) is 5.92. The van der Waals surface area contributed by atoms with Crippen molar-refractivity contribution in [2.24, 2.45) is 0 Å². The minimum atomic E-state index is 0.531. The Morgan fingerprint density at radius 2 is 2.00 bits per heavy atom. The molecular weight excluding hydrogens is 262 g/mol. The zero-order valence-electron chi connectivity index (χ0n) is 13.3. The van der Waals surface area contributed by atoms with Crippen molar-refractivity contribution in [1.29, 1.82) is 0 Å². The molecule has 0 saturated heterocycles. The first-order chi connectivity index (χ1) is 10.1. The Morgan fingerprint density at radius 3 is 2.57 bits per heavy atom. The van der Waals surface area contributed by atoms with Crippen molar-refractivity contribution in [2.75, 3.05) is 11.9 Å². The Kier molecular flexibility index (Phi) is 3.66. The van der Waals surface area contributed by atoms with Gasteiger partial charge in [-0.05, 0) is 46.1 Å². The highest BCUT2D eigenvalue weighted by atomic mass is 15.3. The summed E-state index contributed by atoms with van der Waals surface area (Å²) in [6.07, 6.45) is 3.48. The Balaban J connectivity index is 2.09. The number of nitrogens with one attached hydrogen (secondary N) is 1. The van der Waals surface area contributed by atoms with Crippen LogP contribution >= 0.6 is 0 Å². The fourth-order valence-corrected chi connectivity index (χ4v) is 2.51. The van der Waals surface area contributed by atoms with Gasteiger partial charge in [0.05, 0.1) is 5.69 Å². The number of hydrogen-bond donors (Lipinski definition) is 1. The van der Waals surface area contributed by atoms with Crippen LogP contribution in [0.1, 0.15) is 54.9 Å². The van der Waals surface area contributed by atoms with Gasteiger partial charge in [0.2, 0.25) is 0 Å². The lowest BCUT2D eigenvalue weighted by atomic mass is 10.2. The van der Waals surface area contributed by atoms with Crippen LogP contribution in [0.25, 0.3) is 5.82 Å². The quantitative estimate of drug-likeness (QED) is 0.916. The van der Waals surface area contributed by atoms with E-state index in [1.807, 2.05) is 11.6 Å². The molecule has 3 rings (SSSR count). The smallest absolute Gasteiger partial charge is 0.162 e. The third-order valence-electron chi connectivity index (χ3n) is 3.83. The standard InChI is InChI=1S/C16H23N5/c1-5-8-17-14-12(4)16(19-15(18-14)13-6-7-13)21-11(3)9-10(2)20-21/h9,13H,5-8H2,1-4H3,(H,17,18,19). The second kappa shape index (κ2) is 5.47. The molecule has 5 heteroatoms. The molecule has 0 amide bonds. The molecule has 0 aliphatic heterocycles. The maximum absolute atomic E-state index is 4.80. The summed E-state index contributed by atoms with van der Waals surface area (Å²) in [6.45, 7) is 9.24. The topological polar surface area (TPSA) is 55.6 Å². The number of aromatic nitrogens is 4. The van der Waals surface area contributed by atoms with E-state index in [4.69, 9.17) is 9.97 Å². The van der Waals surface area contributed by atoms with Crippen molar-refractivity contribution in [1.82, 2.24) is 19.7 Å². The molecule has 1 N–H and O–H groups in total. The van der Waals surface area contributed by atoms with Crippen molar-refractivity contribution in [3.63, 3.8) is 0 Å². The first kappa shape index (κ1) is 14.0. The lowest BCUT2D eigenvalue weighted by Gasteiger charge is -2.14. The monoisotopic (exact) mass is 285 g/mol. The zero-order valence-corrected chi connectivity index (χ0v) is 13.3. The molecule has 0 atom stereocenters. The van der Waals surface area contributed by atoms with Crippen molar-refractivity contribution in [3.8, 4) is 5.82 Å². The van der Waals surface area contributed by atoms with Gasteiger partial charge in [-0.15, -0.1) is 0 Å². The highest BCUT2D eigenvalue weighted by Crippen LogP contribution is 2.39.